The second-order valence-corrected chi connectivity index (χ2v) is 9.76. The number of anilines is 1. The number of H-pyrrole nitrogens is 1. The van der Waals surface area contributed by atoms with Gasteiger partial charge >= 0.3 is 0 Å². The highest BCUT2D eigenvalue weighted by molar-refractivity contribution is 7.93. The number of aromatic amines is 1. The molecule has 4 aromatic heterocycles. The van der Waals surface area contributed by atoms with Crippen LogP contribution in [0.15, 0.2) is 77.5 Å². The van der Waals surface area contributed by atoms with Crippen LogP contribution < -0.4 is 9.46 Å². The van der Waals surface area contributed by atoms with E-state index in [1.165, 1.54) is 36.8 Å². The van der Waals surface area contributed by atoms with Crippen LogP contribution in [-0.2, 0) is 10.0 Å². The van der Waals surface area contributed by atoms with E-state index in [0.717, 1.165) is 11.3 Å². The van der Waals surface area contributed by atoms with E-state index in [2.05, 4.69) is 29.9 Å². The number of nitriles is 1. The van der Waals surface area contributed by atoms with Gasteiger partial charge in [0.25, 0.3) is 10.0 Å². The van der Waals surface area contributed by atoms with E-state index in [1.54, 1.807) is 35.8 Å². The summed E-state index contributed by atoms with van der Waals surface area (Å²) in [6, 6.07) is 12.1. The van der Waals surface area contributed by atoms with Crippen molar-refractivity contribution in [1.82, 2.24) is 25.1 Å². The lowest BCUT2D eigenvalue weighted by Crippen LogP contribution is -2.13. The summed E-state index contributed by atoms with van der Waals surface area (Å²) in [5.41, 5.74) is 1.39. The Bertz CT molecular complexity index is 1680. The van der Waals surface area contributed by atoms with Gasteiger partial charge in [-0.2, -0.15) is 14.8 Å². The number of rotatable bonds is 7. The van der Waals surface area contributed by atoms with Crippen molar-refractivity contribution in [3.8, 4) is 40.1 Å². The Morgan fingerprint density at radius 1 is 1.11 bits per heavy atom. The highest BCUT2D eigenvalue weighted by atomic mass is 32.2. The topological polar surface area (TPSA) is 147 Å². The molecule has 0 radical (unpaired) electrons. The standard InChI is InChI=1S/C23H14FN7O3S2/c24-22-17(2-1-7-26-22)18-4-6-20(21(30-18)15-12-28-29-13-15)34-19-5-3-16(10-14(19)11-25)36(32,33)31-23-27-8-9-35-23/h1-10,12-13H,(H,27,31)(H,28,29). The van der Waals surface area contributed by atoms with Crippen molar-refractivity contribution in [2.45, 2.75) is 4.90 Å². The van der Waals surface area contributed by atoms with E-state index >= 15 is 0 Å². The maximum Gasteiger partial charge on any atom is 0.263 e. The predicted molar refractivity (Wildman–Crippen MR) is 129 cm³/mol. The van der Waals surface area contributed by atoms with Crippen LogP contribution in [0.5, 0.6) is 11.5 Å². The third-order valence-corrected chi connectivity index (χ3v) is 7.07. The maximum atomic E-state index is 14.3. The summed E-state index contributed by atoms with van der Waals surface area (Å²) in [5.74, 6) is -0.318. The Morgan fingerprint density at radius 2 is 1.97 bits per heavy atom. The van der Waals surface area contributed by atoms with Gasteiger partial charge in [0.05, 0.1) is 27.9 Å². The van der Waals surface area contributed by atoms with Gasteiger partial charge in [-0.25, -0.2) is 23.4 Å². The highest BCUT2D eigenvalue weighted by Crippen LogP contribution is 2.36. The van der Waals surface area contributed by atoms with Crippen LogP contribution in [-0.4, -0.2) is 33.6 Å². The smallest absolute Gasteiger partial charge is 0.263 e. The molecule has 0 aliphatic carbocycles. The molecular formula is C23H14FN7O3S2. The number of hydrogen-bond acceptors (Lipinski definition) is 9. The molecule has 36 heavy (non-hydrogen) atoms. The summed E-state index contributed by atoms with van der Waals surface area (Å²) in [6.45, 7) is 0. The summed E-state index contributed by atoms with van der Waals surface area (Å²) in [4.78, 5) is 12.0. The van der Waals surface area contributed by atoms with Crippen molar-refractivity contribution >= 4 is 26.5 Å². The van der Waals surface area contributed by atoms with Crippen molar-refractivity contribution in [1.29, 1.82) is 5.26 Å². The summed E-state index contributed by atoms with van der Waals surface area (Å²) in [5, 5.41) is 18.1. The first-order valence-electron chi connectivity index (χ1n) is 10.2. The quantitative estimate of drug-likeness (QED) is 0.297. The molecule has 1 aromatic carbocycles. The molecule has 0 atom stereocenters. The molecular weight excluding hydrogens is 505 g/mol. The number of nitrogens with zero attached hydrogens (tertiary/aromatic N) is 5. The van der Waals surface area contributed by atoms with E-state index in [0.29, 0.717) is 17.0 Å². The van der Waals surface area contributed by atoms with Crippen LogP contribution >= 0.6 is 11.3 Å². The Kier molecular flexibility index (Phi) is 6.11. The number of hydrogen-bond donors (Lipinski definition) is 2. The summed E-state index contributed by atoms with van der Waals surface area (Å²) >= 11 is 1.13. The minimum atomic E-state index is -3.96. The van der Waals surface area contributed by atoms with E-state index < -0.39 is 16.0 Å². The highest BCUT2D eigenvalue weighted by Gasteiger charge is 2.20. The van der Waals surface area contributed by atoms with E-state index in [1.807, 2.05) is 6.07 Å². The minimum absolute atomic E-state index is 0.0162. The van der Waals surface area contributed by atoms with Gasteiger partial charge in [0.15, 0.2) is 10.9 Å². The number of ether oxygens (including phenoxy) is 1. The fourth-order valence-corrected chi connectivity index (χ4v) is 5.08. The lowest BCUT2D eigenvalue weighted by molar-refractivity contribution is 0.480. The zero-order valence-corrected chi connectivity index (χ0v) is 19.7. The summed E-state index contributed by atoms with van der Waals surface area (Å²) in [6.07, 6.45) is 5.92. The Labute approximate surface area is 208 Å². The molecule has 13 heteroatoms. The summed E-state index contributed by atoms with van der Waals surface area (Å²) < 4.78 is 48.0. The molecule has 10 nitrogen and oxygen atoms in total. The van der Waals surface area contributed by atoms with Gasteiger partial charge in [0, 0.05) is 29.5 Å². The number of nitrogens with one attached hydrogen (secondary N) is 2. The number of pyridine rings is 2. The first-order valence-corrected chi connectivity index (χ1v) is 12.6. The van der Waals surface area contributed by atoms with Crippen molar-refractivity contribution in [3.05, 3.63) is 84.1 Å². The lowest BCUT2D eigenvalue weighted by Gasteiger charge is -2.13. The van der Waals surface area contributed by atoms with Gasteiger partial charge in [-0.15, -0.1) is 11.3 Å². The molecule has 0 unspecified atom stereocenters. The van der Waals surface area contributed by atoms with Crippen molar-refractivity contribution in [2.24, 2.45) is 0 Å². The average Bonchev–Trinajstić information content (AvgIpc) is 3.59. The zero-order valence-electron chi connectivity index (χ0n) is 18.1. The fraction of sp³-hybridized carbons (Fsp3) is 0. The number of halogens is 1. The third-order valence-electron chi connectivity index (χ3n) is 4.92. The molecule has 5 rings (SSSR count). The molecule has 4 heterocycles. The van der Waals surface area contributed by atoms with E-state index in [-0.39, 0.29) is 32.7 Å². The van der Waals surface area contributed by atoms with Crippen LogP contribution in [0.3, 0.4) is 0 Å². The molecule has 178 valence electrons. The fourth-order valence-electron chi connectivity index (χ4n) is 3.26. The van der Waals surface area contributed by atoms with Gasteiger partial charge in [0.1, 0.15) is 17.5 Å². The number of sulfonamides is 1. The van der Waals surface area contributed by atoms with Crippen LogP contribution in [0.1, 0.15) is 5.56 Å². The molecule has 0 saturated heterocycles. The van der Waals surface area contributed by atoms with E-state index in [4.69, 9.17) is 4.74 Å². The van der Waals surface area contributed by atoms with Gasteiger partial charge < -0.3 is 4.74 Å². The molecule has 0 aliphatic rings. The molecule has 2 N–H and O–H groups in total. The van der Waals surface area contributed by atoms with E-state index in [9.17, 15) is 18.1 Å². The van der Waals surface area contributed by atoms with Gasteiger partial charge in [-0.3, -0.25) is 9.82 Å². The van der Waals surface area contributed by atoms with Gasteiger partial charge in [-0.1, -0.05) is 0 Å². The minimum Gasteiger partial charge on any atom is -0.454 e. The number of aromatic nitrogens is 5. The average molecular weight is 520 g/mol. The third kappa shape index (κ3) is 4.63. The Balaban J connectivity index is 1.52. The van der Waals surface area contributed by atoms with Gasteiger partial charge in [-0.05, 0) is 42.5 Å². The largest absolute Gasteiger partial charge is 0.454 e. The molecule has 0 fully saturated rings. The van der Waals surface area contributed by atoms with Crippen molar-refractivity contribution < 1.29 is 17.5 Å². The first-order chi connectivity index (χ1) is 17.4. The monoisotopic (exact) mass is 519 g/mol. The maximum absolute atomic E-state index is 14.3. The summed E-state index contributed by atoms with van der Waals surface area (Å²) in [7, 11) is -3.96. The zero-order chi connectivity index (χ0) is 25.1. The first kappa shape index (κ1) is 23.1. The molecule has 0 bridgehead atoms. The van der Waals surface area contributed by atoms with Crippen LogP contribution in [0.2, 0.25) is 0 Å². The predicted octanol–water partition coefficient (Wildman–Crippen LogP) is 4.59. The van der Waals surface area contributed by atoms with Crippen molar-refractivity contribution in [2.75, 3.05) is 4.72 Å². The van der Waals surface area contributed by atoms with Crippen LogP contribution in [0.25, 0.3) is 22.5 Å². The molecule has 5 aromatic rings. The Hall–Kier alpha value is -4.67. The second-order valence-electron chi connectivity index (χ2n) is 7.19. The number of benzene rings is 1. The lowest BCUT2D eigenvalue weighted by atomic mass is 10.1. The van der Waals surface area contributed by atoms with Crippen LogP contribution in [0, 0.1) is 17.3 Å². The second kappa shape index (κ2) is 9.53. The molecule has 0 spiro atoms. The Morgan fingerprint density at radius 3 is 2.69 bits per heavy atom. The van der Waals surface area contributed by atoms with Crippen molar-refractivity contribution in [3.63, 3.8) is 0 Å². The molecule has 0 amide bonds. The van der Waals surface area contributed by atoms with Gasteiger partial charge in [0.2, 0.25) is 5.95 Å². The van der Waals surface area contributed by atoms with Crippen LogP contribution in [0.4, 0.5) is 9.52 Å². The SMILES string of the molecule is N#Cc1cc(S(=O)(=O)Nc2nccs2)ccc1Oc1ccc(-c2cccnc2F)nc1-c1cn[nH]c1. The molecule has 0 aliphatic heterocycles. The normalized spacial score (nSPS) is 11.1. The number of thiazole rings is 1. The molecule has 0 saturated carbocycles.